The molecule has 1 N–H and O–H groups in total. The van der Waals surface area contributed by atoms with E-state index in [0.717, 1.165) is 10.9 Å². The van der Waals surface area contributed by atoms with Crippen molar-refractivity contribution in [3.63, 3.8) is 0 Å². The summed E-state index contributed by atoms with van der Waals surface area (Å²) in [5.41, 5.74) is 1.22. The van der Waals surface area contributed by atoms with Gasteiger partial charge in [-0.3, -0.25) is 4.79 Å². The zero-order valence-corrected chi connectivity index (χ0v) is 11.9. The van der Waals surface area contributed by atoms with Gasteiger partial charge in [-0.15, -0.1) is 0 Å². The van der Waals surface area contributed by atoms with Gasteiger partial charge < -0.3 is 5.32 Å². The van der Waals surface area contributed by atoms with Crippen molar-refractivity contribution in [3.8, 4) is 0 Å². The van der Waals surface area contributed by atoms with Crippen LogP contribution in [0.15, 0.2) is 28.7 Å². The van der Waals surface area contributed by atoms with Crippen LogP contribution in [0, 0.1) is 0 Å². The fourth-order valence-corrected chi connectivity index (χ4v) is 2.05. The Morgan fingerprint density at radius 3 is 2.81 bits per heavy atom. The summed E-state index contributed by atoms with van der Waals surface area (Å²) in [4.78, 5) is 11.5. The van der Waals surface area contributed by atoms with Gasteiger partial charge in [0, 0.05) is 11.0 Å². The molecule has 1 rings (SSSR count). The van der Waals surface area contributed by atoms with Gasteiger partial charge in [0.15, 0.2) is 0 Å². The van der Waals surface area contributed by atoms with Crippen molar-refractivity contribution in [2.75, 3.05) is 12.8 Å². The Bertz CT molecular complexity index is 357. The predicted molar refractivity (Wildman–Crippen MR) is 73.8 cm³/mol. The quantitative estimate of drug-likeness (QED) is 0.906. The fourth-order valence-electron chi connectivity index (χ4n) is 1.27. The molecule has 1 unspecified atom stereocenters. The summed E-state index contributed by atoms with van der Waals surface area (Å²) in [6.45, 7) is 2.60. The first-order valence-electron chi connectivity index (χ1n) is 5.19. The van der Waals surface area contributed by atoms with Crippen LogP contribution >= 0.6 is 27.7 Å². The number of carbonyl (C=O) groups excluding carboxylic acids is 1. The normalized spacial score (nSPS) is 12.2. The zero-order valence-electron chi connectivity index (χ0n) is 9.50. The second-order valence-corrected chi connectivity index (χ2v) is 5.54. The molecule has 1 aromatic carbocycles. The van der Waals surface area contributed by atoms with Crippen LogP contribution in [0.3, 0.4) is 0 Å². The van der Waals surface area contributed by atoms with Crippen LogP contribution in [-0.4, -0.2) is 24.0 Å². The first kappa shape index (κ1) is 13.6. The molecule has 0 aliphatic rings. The largest absolute Gasteiger partial charge is 0.355 e. The maximum absolute atomic E-state index is 11.5. The van der Waals surface area contributed by atoms with Crippen molar-refractivity contribution >= 4 is 33.6 Å². The summed E-state index contributed by atoms with van der Waals surface area (Å²) in [7, 11) is 0. The maximum atomic E-state index is 11.5. The highest BCUT2D eigenvalue weighted by Gasteiger charge is 2.09. The van der Waals surface area contributed by atoms with Gasteiger partial charge >= 0.3 is 0 Å². The number of hydrogen-bond donors (Lipinski definition) is 1. The lowest BCUT2D eigenvalue weighted by atomic mass is 10.1. The van der Waals surface area contributed by atoms with E-state index in [-0.39, 0.29) is 11.2 Å². The summed E-state index contributed by atoms with van der Waals surface area (Å²) in [6, 6.07) is 8.07. The van der Waals surface area contributed by atoms with Crippen LogP contribution in [-0.2, 0) is 11.2 Å². The first-order chi connectivity index (χ1) is 7.65. The molecule has 4 heteroatoms. The minimum absolute atomic E-state index is 0.0271. The highest BCUT2D eigenvalue weighted by molar-refractivity contribution is 9.10. The van der Waals surface area contributed by atoms with Crippen molar-refractivity contribution in [3.05, 3.63) is 34.3 Å². The summed E-state index contributed by atoms with van der Waals surface area (Å²) < 4.78 is 1.10. The van der Waals surface area contributed by atoms with E-state index in [9.17, 15) is 4.79 Å². The second-order valence-electron chi connectivity index (χ2n) is 3.51. The Labute approximate surface area is 109 Å². The Balaban J connectivity index is 2.36. The monoisotopic (exact) mass is 301 g/mol. The van der Waals surface area contributed by atoms with E-state index in [1.54, 1.807) is 11.8 Å². The average Bonchev–Trinajstić information content (AvgIpc) is 2.30. The molecule has 0 heterocycles. The van der Waals surface area contributed by atoms with Crippen molar-refractivity contribution in [2.24, 2.45) is 0 Å². The lowest BCUT2D eigenvalue weighted by molar-refractivity contribution is -0.120. The lowest BCUT2D eigenvalue weighted by Crippen LogP contribution is -2.32. The molecule has 0 aromatic heterocycles. The molecule has 0 spiro atoms. The van der Waals surface area contributed by atoms with Gasteiger partial charge in [0.05, 0.1) is 5.25 Å². The minimum atomic E-state index is 0.0271. The Kier molecular flexibility index (Phi) is 5.91. The molecular weight excluding hydrogens is 286 g/mol. The first-order valence-corrected chi connectivity index (χ1v) is 7.27. The van der Waals surface area contributed by atoms with Crippen molar-refractivity contribution in [2.45, 2.75) is 18.6 Å². The Hall–Kier alpha value is -0.480. The SMILES string of the molecule is CSC(C)C(=O)NCCc1ccccc1Br. The van der Waals surface area contributed by atoms with E-state index >= 15 is 0 Å². The average molecular weight is 302 g/mol. The highest BCUT2D eigenvalue weighted by Crippen LogP contribution is 2.15. The molecule has 1 aromatic rings. The van der Waals surface area contributed by atoms with Gasteiger partial charge in [-0.05, 0) is 31.2 Å². The molecular formula is C12H16BrNOS. The van der Waals surface area contributed by atoms with E-state index in [4.69, 9.17) is 0 Å². The molecule has 0 bridgehead atoms. The molecule has 2 nitrogen and oxygen atoms in total. The van der Waals surface area contributed by atoms with E-state index < -0.39 is 0 Å². The topological polar surface area (TPSA) is 29.1 Å². The van der Waals surface area contributed by atoms with Crippen LogP contribution in [0.5, 0.6) is 0 Å². The van der Waals surface area contributed by atoms with Crippen LogP contribution in [0.25, 0.3) is 0 Å². The molecule has 1 amide bonds. The van der Waals surface area contributed by atoms with Crippen LogP contribution in [0.2, 0.25) is 0 Å². The molecule has 88 valence electrons. The number of nitrogens with one attached hydrogen (secondary N) is 1. The maximum Gasteiger partial charge on any atom is 0.232 e. The van der Waals surface area contributed by atoms with Crippen molar-refractivity contribution in [1.82, 2.24) is 5.32 Å². The molecule has 0 radical (unpaired) electrons. The molecule has 16 heavy (non-hydrogen) atoms. The third-order valence-electron chi connectivity index (χ3n) is 2.37. The van der Waals surface area contributed by atoms with Crippen LogP contribution < -0.4 is 5.32 Å². The summed E-state index contributed by atoms with van der Waals surface area (Å²) in [5, 5.41) is 2.96. The highest BCUT2D eigenvalue weighted by atomic mass is 79.9. The molecule has 0 aliphatic carbocycles. The smallest absolute Gasteiger partial charge is 0.232 e. The second kappa shape index (κ2) is 6.97. The van der Waals surface area contributed by atoms with Crippen LogP contribution in [0.4, 0.5) is 0 Å². The van der Waals surface area contributed by atoms with E-state index in [1.807, 2.05) is 31.4 Å². The van der Waals surface area contributed by atoms with Gasteiger partial charge in [0.25, 0.3) is 0 Å². The molecule has 0 saturated heterocycles. The summed E-state index contributed by atoms with van der Waals surface area (Å²) in [6.07, 6.45) is 2.80. The number of amides is 1. The summed E-state index contributed by atoms with van der Waals surface area (Å²) in [5.74, 6) is 0.111. The number of carbonyl (C=O) groups is 1. The number of rotatable bonds is 5. The number of hydrogen-bond acceptors (Lipinski definition) is 2. The van der Waals surface area contributed by atoms with Gasteiger partial charge in [-0.25, -0.2) is 0 Å². The van der Waals surface area contributed by atoms with Crippen molar-refractivity contribution < 1.29 is 4.79 Å². The number of halogens is 1. The third kappa shape index (κ3) is 4.18. The van der Waals surface area contributed by atoms with Gasteiger partial charge in [-0.1, -0.05) is 34.1 Å². The van der Waals surface area contributed by atoms with Crippen molar-refractivity contribution in [1.29, 1.82) is 0 Å². The van der Waals surface area contributed by atoms with Gasteiger partial charge in [-0.2, -0.15) is 11.8 Å². The molecule has 0 saturated carbocycles. The molecule has 0 aliphatic heterocycles. The molecule has 0 fully saturated rings. The fraction of sp³-hybridized carbons (Fsp3) is 0.417. The standard InChI is InChI=1S/C12H16BrNOS/c1-9(16-2)12(15)14-8-7-10-5-3-4-6-11(10)13/h3-6,9H,7-8H2,1-2H3,(H,14,15). The van der Waals surface area contributed by atoms with Crippen LogP contribution in [0.1, 0.15) is 12.5 Å². The predicted octanol–water partition coefficient (Wildman–Crippen LogP) is 2.86. The third-order valence-corrected chi connectivity index (χ3v) is 4.07. The summed E-state index contributed by atoms with van der Waals surface area (Å²) >= 11 is 5.05. The lowest BCUT2D eigenvalue weighted by Gasteiger charge is -2.10. The zero-order chi connectivity index (χ0) is 12.0. The van der Waals surface area contributed by atoms with Gasteiger partial charge in [0.1, 0.15) is 0 Å². The Morgan fingerprint density at radius 2 is 2.19 bits per heavy atom. The number of benzene rings is 1. The van der Waals surface area contributed by atoms with E-state index in [0.29, 0.717) is 6.54 Å². The van der Waals surface area contributed by atoms with Gasteiger partial charge in [0.2, 0.25) is 5.91 Å². The minimum Gasteiger partial charge on any atom is -0.355 e. The Morgan fingerprint density at radius 1 is 1.50 bits per heavy atom. The number of thioether (sulfide) groups is 1. The van der Waals surface area contributed by atoms with E-state index in [1.165, 1.54) is 5.56 Å². The molecule has 1 atom stereocenters. The van der Waals surface area contributed by atoms with E-state index in [2.05, 4.69) is 27.3 Å².